The number of para-hydroxylation sites is 2. The molecule has 3 aromatic carbocycles. The van der Waals surface area contributed by atoms with Gasteiger partial charge in [-0.15, -0.1) is 0 Å². The van der Waals surface area contributed by atoms with Crippen molar-refractivity contribution in [2.45, 2.75) is 0 Å². The predicted molar refractivity (Wildman–Crippen MR) is 97.0 cm³/mol. The third-order valence-electron chi connectivity index (χ3n) is 3.80. The molecule has 0 amide bonds. The molecule has 0 aliphatic carbocycles. The number of aromatic nitrogens is 2. The van der Waals surface area contributed by atoms with E-state index < -0.39 is 0 Å². The molecule has 1 N–H and O–H groups in total. The van der Waals surface area contributed by atoms with E-state index in [1.54, 1.807) is 0 Å². The summed E-state index contributed by atoms with van der Waals surface area (Å²) < 4.78 is 0. The van der Waals surface area contributed by atoms with Gasteiger partial charge >= 0.3 is 0 Å². The molecule has 0 radical (unpaired) electrons. The first-order valence-corrected chi connectivity index (χ1v) is 7.98. The molecule has 0 unspecified atom stereocenters. The number of benzene rings is 3. The van der Waals surface area contributed by atoms with Crippen LogP contribution in [0.3, 0.4) is 0 Å². The Morgan fingerprint density at radius 1 is 0.696 bits per heavy atom. The van der Waals surface area contributed by atoms with Gasteiger partial charge in [0.25, 0.3) is 0 Å². The summed E-state index contributed by atoms with van der Waals surface area (Å²) in [5, 5.41) is 1.31. The number of hydrogen-bond acceptors (Lipinski definition) is 1. The van der Waals surface area contributed by atoms with E-state index >= 15 is 0 Å². The van der Waals surface area contributed by atoms with Crippen LogP contribution in [-0.2, 0) is 0 Å². The zero-order valence-corrected chi connectivity index (χ0v) is 13.6. The highest BCUT2D eigenvalue weighted by atomic mass is 35.5. The smallest absolute Gasteiger partial charge is 0.139 e. The second-order valence-corrected chi connectivity index (χ2v) is 6.06. The van der Waals surface area contributed by atoms with E-state index in [1.807, 2.05) is 66.7 Å². The third-order valence-corrected chi connectivity index (χ3v) is 4.45. The van der Waals surface area contributed by atoms with Gasteiger partial charge in [-0.05, 0) is 24.3 Å². The first-order valence-electron chi connectivity index (χ1n) is 7.22. The van der Waals surface area contributed by atoms with Crippen LogP contribution in [-0.4, -0.2) is 9.97 Å². The summed E-state index contributed by atoms with van der Waals surface area (Å²) in [5.41, 5.74) is 4.64. The van der Waals surface area contributed by atoms with Gasteiger partial charge in [0.05, 0.1) is 11.0 Å². The van der Waals surface area contributed by atoms with Crippen LogP contribution in [0.15, 0.2) is 66.7 Å². The van der Waals surface area contributed by atoms with E-state index in [0.717, 1.165) is 33.5 Å². The van der Waals surface area contributed by atoms with Crippen molar-refractivity contribution >= 4 is 34.2 Å². The SMILES string of the molecule is Clc1ccccc1-c1c(Cl)cccc1-c1nc2ccccc2[nH]1. The quantitative estimate of drug-likeness (QED) is 0.462. The Balaban J connectivity index is 1.99. The fourth-order valence-electron chi connectivity index (χ4n) is 2.74. The zero-order valence-electron chi connectivity index (χ0n) is 12.1. The first kappa shape index (κ1) is 14.3. The van der Waals surface area contributed by atoms with Gasteiger partial charge in [-0.3, -0.25) is 0 Å². The molecule has 1 aromatic heterocycles. The number of nitrogens with one attached hydrogen (secondary N) is 1. The van der Waals surface area contributed by atoms with Crippen molar-refractivity contribution in [2.75, 3.05) is 0 Å². The van der Waals surface area contributed by atoms with Gasteiger partial charge in [-0.1, -0.05) is 65.7 Å². The largest absolute Gasteiger partial charge is 0.338 e. The number of fused-ring (bicyclic) bond motifs is 1. The fraction of sp³-hybridized carbons (Fsp3) is 0. The van der Waals surface area contributed by atoms with Crippen LogP contribution >= 0.6 is 23.2 Å². The van der Waals surface area contributed by atoms with Crippen molar-refractivity contribution < 1.29 is 0 Å². The Hall–Kier alpha value is -2.29. The number of rotatable bonds is 2. The Bertz CT molecular complexity index is 972. The van der Waals surface area contributed by atoms with Gasteiger partial charge < -0.3 is 4.98 Å². The molecule has 23 heavy (non-hydrogen) atoms. The van der Waals surface area contributed by atoms with E-state index in [1.165, 1.54) is 0 Å². The highest BCUT2D eigenvalue weighted by Crippen LogP contribution is 2.40. The van der Waals surface area contributed by atoms with Crippen molar-refractivity contribution in [3.8, 4) is 22.5 Å². The van der Waals surface area contributed by atoms with Crippen LogP contribution < -0.4 is 0 Å². The second kappa shape index (κ2) is 5.73. The molecule has 0 saturated heterocycles. The van der Waals surface area contributed by atoms with Gasteiger partial charge in [0.2, 0.25) is 0 Å². The Labute approximate surface area is 143 Å². The van der Waals surface area contributed by atoms with Crippen LogP contribution in [0, 0.1) is 0 Å². The lowest BCUT2D eigenvalue weighted by atomic mass is 9.99. The topological polar surface area (TPSA) is 28.7 Å². The maximum atomic E-state index is 6.48. The molecule has 0 aliphatic rings. The van der Waals surface area contributed by atoms with Crippen LogP contribution in [0.2, 0.25) is 10.0 Å². The van der Waals surface area contributed by atoms with E-state index in [2.05, 4.69) is 9.97 Å². The number of halogens is 2. The average molecular weight is 339 g/mol. The van der Waals surface area contributed by atoms with E-state index in [4.69, 9.17) is 23.2 Å². The summed E-state index contributed by atoms with van der Waals surface area (Å²) in [7, 11) is 0. The molecule has 0 fully saturated rings. The van der Waals surface area contributed by atoms with Gasteiger partial charge in [-0.25, -0.2) is 4.98 Å². The Morgan fingerprint density at radius 2 is 1.39 bits per heavy atom. The molecular weight excluding hydrogens is 327 g/mol. The van der Waals surface area contributed by atoms with Gasteiger partial charge in [0, 0.05) is 26.7 Å². The maximum absolute atomic E-state index is 6.48. The number of aromatic amines is 1. The van der Waals surface area contributed by atoms with Crippen molar-refractivity contribution in [1.29, 1.82) is 0 Å². The lowest BCUT2D eigenvalue weighted by Crippen LogP contribution is -1.89. The Morgan fingerprint density at radius 3 is 2.22 bits per heavy atom. The molecule has 4 heteroatoms. The van der Waals surface area contributed by atoms with Crippen LogP contribution in [0.4, 0.5) is 0 Å². The van der Waals surface area contributed by atoms with E-state index in [9.17, 15) is 0 Å². The minimum absolute atomic E-state index is 0.649. The van der Waals surface area contributed by atoms with Crippen LogP contribution in [0.25, 0.3) is 33.5 Å². The number of nitrogens with zero attached hydrogens (tertiary/aromatic N) is 1. The zero-order chi connectivity index (χ0) is 15.8. The second-order valence-electron chi connectivity index (χ2n) is 5.24. The number of H-pyrrole nitrogens is 1. The fourth-order valence-corrected chi connectivity index (χ4v) is 3.25. The monoisotopic (exact) mass is 338 g/mol. The molecular formula is C19H12Cl2N2. The first-order chi connectivity index (χ1) is 11.2. The minimum atomic E-state index is 0.649. The molecule has 0 bridgehead atoms. The molecule has 0 aliphatic heterocycles. The summed E-state index contributed by atoms with van der Waals surface area (Å²) in [5.74, 6) is 0.781. The minimum Gasteiger partial charge on any atom is -0.338 e. The molecule has 0 atom stereocenters. The standard InChI is InChI=1S/C19H12Cl2N2/c20-14-8-2-1-6-12(14)18-13(7-5-9-15(18)21)19-22-16-10-3-4-11-17(16)23-19/h1-11H,(H,22,23). The van der Waals surface area contributed by atoms with Gasteiger partial charge in [-0.2, -0.15) is 0 Å². The lowest BCUT2D eigenvalue weighted by molar-refractivity contribution is 1.34. The predicted octanol–water partition coefficient (Wildman–Crippen LogP) is 6.20. The number of imidazole rings is 1. The summed E-state index contributed by atoms with van der Waals surface area (Å²) in [6.45, 7) is 0. The molecule has 4 aromatic rings. The molecule has 112 valence electrons. The molecule has 2 nitrogen and oxygen atoms in total. The highest BCUT2D eigenvalue weighted by Gasteiger charge is 2.16. The Kier molecular flexibility index (Phi) is 3.56. The number of hydrogen-bond donors (Lipinski definition) is 1. The van der Waals surface area contributed by atoms with Crippen molar-refractivity contribution in [2.24, 2.45) is 0 Å². The molecule has 0 spiro atoms. The summed E-state index contributed by atoms with van der Waals surface area (Å²) in [6.07, 6.45) is 0. The van der Waals surface area contributed by atoms with Gasteiger partial charge in [0.1, 0.15) is 5.82 Å². The highest BCUT2D eigenvalue weighted by molar-refractivity contribution is 6.37. The normalized spacial score (nSPS) is 11.0. The average Bonchev–Trinajstić information content (AvgIpc) is 2.99. The van der Waals surface area contributed by atoms with Gasteiger partial charge in [0.15, 0.2) is 0 Å². The van der Waals surface area contributed by atoms with Crippen molar-refractivity contribution in [3.63, 3.8) is 0 Å². The lowest BCUT2D eigenvalue weighted by Gasteiger charge is -2.11. The van der Waals surface area contributed by atoms with Crippen LogP contribution in [0.1, 0.15) is 0 Å². The summed E-state index contributed by atoms with van der Waals surface area (Å²) in [6, 6.07) is 21.4. The van der Waals surface area contributed by atoms with Crippen molar-refractivity contribution in [1.82, 2.24) is 9.97 Å². The summed E-state index contributed by atoms with van der Waals surface area (Å²) >= 11 is 12.9. The summed E-state index contributed by atoms with van der Waals surface area (Å²) in [4.78, 5) is 8.04. The maximum Gasteiger partial charge on any atom is 0.139 e. The van der Waals surface area contributed by atoms with E-state index in [0.29, 0.717) is 10.0 Å². The molecule has 4 rings (SSSR count). The molecule has 0 saturated carbocycles. The van der Waals surface area contributed by atoms with Crippen LogP contribution in [0.5, 0.6) is 0 Å². The van der Waals surface area contributed by atoms with E-state index in [-0.39, 0.29) is 0 Å². The molecule has 1 heterocycles. The van der Waals surface area contributed by atoms with Crippen molar-refractivity contribution in [3.05, 3.63) is 76.8 Å². The third kappa shape index (κ3) is 2.50.